The predicted molar refractivity (Wildman–Crippen MR) is 229 cm³/mol. The van der Waals surface area contributed by atoms with Crippen LogP contribution in [0.5, 0.6) is 17.2 Å². The molecule has 2 amide bonds. The zero-order valence-corrected chi connectivity index (χ0v) is 35.7. The number of aryl methyl sites for hydroxylation is 1. The number of fused-ring (bicyclic) bond motifs is 4. The Morgan fingerprint density at radius 1 is 0.917 bits per heavy atom. The van der Waals surface area contributed by atoms with Crippen LogP contribution in [-0.2, 0) is 37.6 Å². The van der Waals surface area contributed by atoms with E-state index in [1.807, 2.05) is 77.8 Å². The van der Waals surface area contributed by atoms with Crippen molar-refractivity contribution in [2.45, 2.75) is 75.9 Å². The summed E-state index contributed by atoms with van der Waals surface area (Å²) < 4.78 is 26.0. The second kappa shape index (κ2) is 16.7. The van der Waals surface area contributed by atoms with Gasteiger partial charge in [-0.05, 0) is 79.4 Å². The molecule has 8 rings (SSSR count). The van der Waals surface area contributed by atoms with Crippen molar-refractivity contribution in [2.24, 2.45) is 5.92 Å². The first-order valence-electron chi connectivity index (χ1n) is 20.6. The highest BCUT2D eigenvalue weighted by molar-refractivity contribution is 6.91. The first kappa shape index (κ1) is 40.9. The van der Waals surface area contributed by atoms with Gasteiger partial charge in [-0.15, -0.1) is 5.10 Å². The highest BCUT2D eigenvalue weighted by atomic mass is 28.3. The lowest BCUT2D eigenvalue weighted by atomic mass is 9.82. The number of unbranched alkanes of at least 4 members (excludes halogenated alkanes) is 1. The Hall–Kier alpha value is -5.83. The summed E-state index contributed by atoms with van der Waals surface area (Å²) in [5.41, 5.74) is 2.25. The predicted octanol–water partition coefficient (Wildman–Crippen LogP) is 6.90. The number of carbonyl (C=O) groups is 3. The fourth-order valence-electron chi connectivity index (χ4n) is 9.58. The number of para-hydroxylation sites is 3. The van der Waals surface area contributed by atoms with Gasteiger partial charge in [-0.2, -0.15) is 0 Å². The van der Waals surface area contributed by atoms with E-state index in [0.29, 0.717) is 84.2 Å². The number of esters is 1. The second-order valence-electron chi connectivity index (χ2n) is 16.3. The van der Waals surface area contributed by atoms with E-state index < -0.39 is 13.7 Å². The van der Waals surface area contributed by atoms with Crippen molar-refractivity contribution in [1.82, 2.24) is 15.0 Å². The van der Waals surface area contributed by atoms with Gasteiger partial charge in [0, 0.05) is 55.9 Å². The molecule has 0 saturated carbocycles. The van der Waals surface area contributed by atoms with Crippen molar-refractivity contribution < 1.29 is 38.4 Å². The number of hydrogen-bond donors (Lipinski definition) is 1. The molecule has 4 aromatic carbocycles. The number of aromatic nitrogens is 3. The molecular weight excluding hydrogens is 779 g/mol. The third-order valence-electron chi connectivity index (χ3n) is 12.6. The number of methoxy groups -OCH3 is 2. The van der Waals surface area contributed by atoms with Crippen LogP contribution in [0.4, 0.5) is 17.1 Å². The summed E-state index contributed by atoms with van der Waals surface area (Å²) in [6.07, 6.45) is 3.81. The maximum atomic E-state index is 15.5. The molecule has 4 atom stereocenters. The lowest BCUT2D eigenvalue weighted by molar-refractivity contribution is -0.146. The molecule has 0 aliphatic carbocycles. The monoisotopic (exact) mass is 829 g/mol. The minimum atomic E-state index is -2.48. The van der Waals surface area contributed by atoms with Crippen molar-refractivity contribution in [3.8, 4) is 17.2 Å². The zero-order valence-electron chi connectivity index (χ0n) is 34.7. The average molecular weight is 830 g/mol. The van der Waals surface area contributed by atoms with Gasteiger partial charge in [0.1, 0.15) is 11.5 Å². The van der Waals surface area contributed by atoms with Crippen molar-refractivity contribution in [3.05, 3.63) is 114 Å². The summed E-state index contributed by atoms with van der Waals surface area (Å²) in [6, 6.07) is 28.7. The minimum absolute atomic E-state index is 0.0228. The van der Waals surface area contributed by atoms with E-state index in [0.717, 1.165) is 5.75 Å². The van der Waals surface area contributed by atoms with Crippen molar-refractivity contribution in [2.75, 3.05) is 37.2 Å². The van der Waals surface area contributed by atoms with Crippen molar-refractivity contribution >= 4 is 48.1 Å². The molecule has 0 radical (unpaired) electrons. The van der Waals surface area contributed by atoms with Gasteiger partial charge in [0.15, 0.2) is 11.4 Å². The Balaban J connectivity index is 1.25. The molecule has 1 N–H and O–H groups in total. The number of benzene rings is 4. The minimum Gasteiger partial charge on any atom is -0.497 e. The standard InChI is InChI=1S/C46H51N5O8Si/c1-30-43(60(4,5)34-20-18-33(56-2)19-21-34)41(23-26-49-29-31(24-27-52)47-48-49)59-46(30)36-28-32(17-22-37(36)50(45(46)55)25-11-10-16-42(53)57-3)51-38-13-7-9-15-40(38)58-39-14-8-6-12-35(39)44(51)54/h6-9,12-15,17-22,28-30,41,43,52H,10-11,16,23-27H2,1-5H3/t30-,41+,43-,46+/m0/s1. The molecule has 13 nitrogen and oxygen atoms in total. The highest BCUT2D eigenvalue weighted by Crippen LogP contribution is 2.61. The van der Waals surface area contributed by atoms with E-state index in [1.165, 1.54) is 12.3 Å². The van der Waals surface area contributed by atoms with Crippen LogP contribution < -0.4 is 24.5 Å². The summed E-state index contributed by atoms with van der Waals surface area (Å²) in [5, 5.41) is 19.3. The van der Waals surface area contributed by atoms with Gasteiger partial charge >= 0.3 is 5.97 Å². The van der Waals surface area contributed by atoms with Crippen LogP contribution in [0.15, 0.2) is 97.2 Å². The van der Waals surface area contributed by atoms with Crippen LogP contribution in [0.3, 0.4) is 0 Å². The molecule has 60 heavy (non-hydrogen) atoms. The van der Waals surface area contributed by atoms with Crippen LogP contribution >= 0.6 is 0 Å². The Kier molecular flexibility index (Phi) is 11.4. The number of anilines is 3. The summed E-state index contributed by atoms with van der Waals surface area (Å²) in [6.45, 7) is 7.66. The molecule has 3 aliphatic rings. The number of aliphatic hydroxyl groups is 1. The molecular formula is C46H51N5O8Si. The Morgan fingerprint density at radius 2 is 1.67 bits per heavy atom. The topological polar surface area (TPSA) is 146 Å². The maximum absolute atomic E-state index is 15.5. The van der Waals surface area contributed by atoms with E-state index in [-0.39, 0.29) is 48.4 Å². The number of aliphatic hydroxyl groups excluding tert-OH is 1. The summed E-state index contributed by atoms with van der Waals surface area (Å²) in [5.74, 6) is 0.749. The molecule has 3 aliphatic heterocycles. The molecule has 14 heteroatoms. The number of rotatable bonds is 14. The summed E-state index contributed by atoms with van der Waals surface area (Å²) in [7, 11) is 0.551. The average Bonchev–Trinajstić information content (AvgIpc) is 3.88. The molecule has 1 saturated heterocycles. The Labute approximate surface area is 350 Å². The summed E-state index contributed by atoms with van der Waals surface area (Å²) >= 11 is 0. The van der Waals surface area contributed by atoms with Gasteiger partial charge in [-0.25, -0.2) is 0 Å². The van der Waals surface area contributed by atoms with Gasteiger partial charge in [0.25, 0.3) is 11.8 Å². The fraction of sp³-hybridized carbons (Fsp3) is 0.370. The SMILES string of the molecule is COC(=O)CCCCN1C(=O)[C@]2(O[C@H](CCn3cc(CCO)nn3)[C@@H]([Si](C)(C)c3ccc(OC)cc3)[C@@H]2C)c2cc(N3C(=O)c4ccccc4Oc4ccccc43)ccc21. The van der Waals surface area contributed by atoms with E-state index >= 15 is 4.79 Å². The molecule has 4 heterocycles. The third kappa shape index (κ3) is 7.15. The van der Waals surface area contributed by atoms with Gasteiger partial charge in [0.05, 0.1) is 51.0 Å². The van der Waals surface area contributed by atoms with Crippen LogP contribution in [0.2, 0.25) is 18.6 Å². The van der Waals surface area contributed by atoms with Crippen LogP contribution in [-0.4, -0.2) is 79.4 Å². The highest BCUT2D eigenvalue weighted by Gasteiger charge is 2.66. The van der Waals surface area contributed by atoms with Crippen LogP contribution in [0.1, 0.15) is 54.2 Å². The molecule has 0 unspecified atom stereocenters. The van der Waals surface area contributed by atoms with Crippen molar-refractivity contribution in [1.29, 1.82) is 0 Å². The second-order valence-corrected chi connectivity index (χ2v) is 21.0. The number of ether oxygens (including phenoxy) is 4. The largest absolute Gasteiger partial charge is 0.497 e. The maximum Gasteiger partial charge on any atom is 0.305 e. The normalized spacial score (nSPS) is 20.7. The van der Waals surface area contributed by atoms with E-state index in [9.17, 15) is 14.7 Å². The van der Waals surface area contributed by atoms with Crippen molar-refractivity contribution in [3.63, 3.8) is 0 Å². The first-order chi connectivity index (χ1) is 29.0. The third-order valence-corrected chi connectivity index (χ3v) is 16.9. The molecule has 1 fully saturated rings. The summed E-state index contributed by atoms with van der Waals surface area (Å²) in [4.78, 5) is 45.6. The molecule has 312 valence electrons. The quantitative estimate of drug-likeness (QED) is 0.0713. The number of amides is 2. The van der Waals surface area contributed by atoms with Crippen LogP contribution in [0, 0.1) is 5.92 Å². The fourth-order valence-corrected chi connectivity index (χ4v) is 13.6. The van der Waals surface area contributed by atoms with Gasteiger partial charge in [0.2, 0.25) is 0 Å². The Morgan fingerprint density at radius 3 is 2.42 bits per heavy atom. The lowest BCUT2D eigenvalue weighted by Crippen LogP contribution is -2.52. The number of carbonyl (C=O) groups excluding carboxylic acids is 3. The number of nitrogens with zero attached hydrogens (tertiary/aromatic N) is 5. The first-order valence-corrected chi connectivity index (χ1v) is 23.7. The lowest BCUT2D eigenvalue weighted by Gasteiger charge is -2.37. The molecule has 1 aromatic heterocycles. The van der Waals surface area contributed by atoms with Gasteiger partial charge < -0.3 is 29.0 Å². The van der Waals surface area contributed by atoms with Crippen LogP contribution in [0.25, 0.3) is 0 Å². The van der Waals surface area contributed by atoms with E-state index in [2.05, 4.69) is 42.5 Å². The van der Waals surface area contributed by atoms with Gasteiger partial charge in [-0.3, -0.25) is 24.0 Å². The number of hydrogen-bond acceptors (Lipinski definition) is 10. The van der Waals surface area contributed by atoms with Gasteiger partial charge in [-0.1, -0.05) is 66.8 Å². The smallest absolute Gasteiger partial charge is 0.305 e. The van der Waals surface area contributed by atoms with E-state index in [1.54, 1.807) is 28.8 Å². The molecule has 5 aromatic rings. The Bertz CT molecular complexity index is 2400. The molecule has 1 spiro atoms. The van der Waals surface area contributed by atoms with E-state index in [4.69, 9.17) is 18.9 Å². The zero-order chi connectivity index (χ0) is 42.2. The molecule has 0 bridgehead atoms.